The topological polar surface area (TPSA) is 76.4 Å². The van der Waals surface area contributed by atoms with Gasteiger partial charge in [0.15, 0.2) is 0 Å². The lowest BCUT2D eigenvalue weighted by Gasteiger charge is -2.20. The van der Waals surface area contributed by atoms with E-state index in [1.807, 2.05) is 11.0 Å². The van der Waals surface area contributed by atoms with E-state index in [2.05, 4.69) is 5.32 Å². The van der Waals surface area contributed by atoms with Gasteiger partial charge in [-0.1, -0.05) is 11.6 Å². The van der Waals surface area contributed by atoms with Crippen LogP contribution in [0, 0.1) is 11.3 Å². The predicted octanol–water partition coefficient (Wildman–Crippen LogP) is 1.61. The molecule has 20 heavy (non-hydrogen) atoms. The van der Waals surface area contributed by atoms with Crippen LogP contribution in [0.15, 0.2) is 18.2 Å². The van der Waals surface area contributed by atoms with E-state index in [4.69, 9.17) is 22.0 Å². The van der Waals surface area contributed by atoms with Crippen molar-refractivity contribution in [3.8, 4) is 6.07 Å². The minimum Gasteiger partial charge on any atom is -0.395 e. The van der Waals surface area contributed by atoms with Crippen LogP contribution in [0.25, 0.3) is 0 Å². The maximum absolute atomic E-state index is 12.0. The van der Waals surface area contributed by atoms with E-state index in [0.29, 0.717) is 28.9 Å². The number of amides is 1. The van der Waals surface area contributed by atoms with Crippen molar-refractivity contribution < 1.29 is 9.90 Å². The van der Waals surface area contributed by atoms with Crippen LogP contribution in [-0.2, 0) is 4.79 Å². The van der Waals surface area contributed by atoms with Gasteiger partial charge in [-0.05, 0) is 31.0 Å². The standard InChI is InChI=1S/C14H16ClN3O2/c15-13-7-11(2-1-10(13)8-16)17-14(20)9-18(5-6-19)12-3-4-12/h1-2,7,12,19H,3-6,9H2,(H,17,20). The van der Waals surface area contributed by atoms with Crippen molar-refractivity contribution in [2.45, 2.75) is 18.9 Å². The Morgan fingerprint density at radius 3 is 2.85 bits per heavy atom. The van der Waals surface area contributed by atoms with Gasteiger partial charge < -0.3 is 10.4 Å². The van der Waals surface area contributed by atoms with E-state index >= 15 is 0 Å². The van der Waals surface area contributed by atoms with Crippen molar-refractivity contribution >= 4 is 23.2 Å². The second-order valence-corrected chi connectivity index (χ2v) is 5.19. The number of halogens is 1. The Hall–Kier alpha value is -1.61. The fourth-order valence-electron chi connectivity index (χ4n) is 2.03. The largest absolute Gasteiger partial charge is 0.395 e. The summed E-state index contributed by atoms with van der Waals surface area (Å²) in [7, 11) is 0. The maximum Gasteiger partial charge on any atom is 0.238 e. The van der Waals surface area contributed by atoms with E-state index in [-0.39, 0.29) is 19.1 Å². The molecule has 2 rings (SSSR count). The third-order valence-electron chi connectivity index (χ3n) is 3.17. The van der Waals surface area contributed by atoms with Crippen LogP contribution >= 0.6 is 11.6 Å². The average molecular weight is 294 g/mol. The molecule has 1 fully saturated rings. The lowest BCUT2D eigenvalue weighted by Crippen LogP contribution is -2.36. The first-order valence-corrected chi connectivity index (χ1v) is 6.86. The lowest BCUT2D eigenvalue weighted by atomic mass is 10.2. The SMILES string of the molecule is N#Cc1ccc(NC(=O)CN(CCO)C2CC2)cc1Cl. The fourth-order valence-corrected chi connectivity index (χ4v) is 2.25. The molecular weight excluding hydrogens is 278 g/mol. The van der Waals surface area contributed by atoms with Crippen LogP contribution in [0.4, 0.5) is 5.69 Å². The van der Waals surface area contributed by atoms with Crippen molar-refractivity contribution in [3.63, 3.8) is 0 Å². The molecule has 0 atom stereocenters. The van der Waals surface area contributed by atoms with E-state index in [0.717, 1.165) is 12.8 Å². The number of rotatable bonds is 6. The number of benzene rings is 1. The smallest absolute Gasteiger partial charge is 0.238 e. The summed E-state index contributed by atoms with van der Waals surface area (Å²) in [6.45, 7) is 0.807. The Bertz CT molecular complexity index is 538. The summed E-state index contributed by atoms with van der Waals surface area (Å²) in [6, 6.07) is 7.16. The number of nitrogens with zero attached hydrogens (tertiary/aromatic N) is 2. The fraction of sp³-hybridized carbons (Fsp3) is 0.429. The highest BCUT2D eigenvalue weighted by Gasteiger charge is 2.29. The minimum absolute atomic E-state index is 0.0481. The van der Waals surface area contributed by atoms with E-state index < -0.39 is 0 Å². The molecule has 1 aromatic rings. The van der Waals surface area contributed by atoms with E-state index in [1.54, 1.807) is 18.2 Å². The molecule has 0 unspecified atom stereocenters. The molecule has 1 aliphatic carbocycles. The second-order valence-electron chi connectivity index (χ2n) is 4.78. The zero-order chi connectivity index (χ0) is 14.5. The Morgan fingerprint density at radius 2 is 2.30 bits per heavy atom. The highest BCUT2D eigenvalue weighted by molar-refractivity contribution is 6.32. The van der Waals surface area contributed by atoms with Gasteiger partial charge in [-0.3, -0.25) is 9.69 Å². The van der Waals surface area contributed by atoms with Gasteiger partial charge in [0.05, 0.1) is 23.7 Å². The monoisotopic (exact) mass is 293 g/mol. The number of nitriles is 1. The van der Waals surface area contributed by atoms with Crippen LogP contribution in [-0.4, -0.2) is 41.7 Å². The summed E-state index contributed by atoms with van der Waals surface area (Å²) in [5.41, 5.74) is 0.947. The first-order valence-electron chi connectivity index (χ1n) is 6.48. The number of hydrogen-bond donors (Lipinski definition) is 2. The lowest BCUT2D eigenvalue weighted by molar-refractivity contribution is -0.117. The average Bonchev–Trinajstić information content (AvgIpc) is 3.22. The van der Waals surface area contributed by atoms with Crippen molar-refractivity contribution in [2.24, 2.45) is 0 Å². The normalized spacial score (nSPS) is 14.1. The first-order chi connectivity index (χ1) is 9.63. The molecular formula is C14H16ClN3O2. The molecule has 0 heterocycles. The molecule has 1 amide bonds. The first kappa shape index (κ1) is 14.8. The van der Waals surface area contributed by atoms with Gasteiger partial charge in [-0.25, -0.2) is 0 Å². The number of aliphatic hydroxyl groups excluding tert-OH is 1. The Morgan fingerprint density at radius 1 is 1.55 bits per heavy atom. The predicted molar refractivity (Wildman–Crippen MR) is 76.5 cm³/mol. The summed E-state index contributed by atoms with van der Waals surface area (Å²) in [5, 5.41) is 20.8. The Balaban J connectivity index is 1.93. The van der Waals surface area contributed by atoms with Gasteiger partial charge in [0, 0.05) is 18.3 Å². The van der Waals surface area contributed by atoms with Gasteiger partial charge in [-0.15, -0.1) is 0 Å². The van der Waals surface area contributed by atoms with Crippen molar-refractivity contribution in [1.82, 2.24) is 4.90 Å². The van der Waals surface area contributed by atoms with Crippen LogP contribution in [0.2, 0.25) is 5.02 Å². The van der Waals surface area contributed by atoms with Crippen molar-refractivity contribution in [1.29, 1.82) is 5.26 Å². The minimum atomic E-state index is -0.147. The zero-order valence-electron chi connectivity index (χ0n) is 11.0. The highest BCUT2D eigenvalue weighted by Crippen LogP contribution is 2.26. The van der Waals surface area contributed by atoms with Gasteiger partial charge in [0.2, 0.25) is 5.91 Å². The molecule has 0 radical (unpaired) electrons. The summed E-state index contributed by atoms with van der Waals surface area (Å²) < 4.78 is 0. The molecule has 0 spiro atoms. The Labute approximate surface area is 122 Å². The number of carbonyl (C=O) groups is 1. The molecule has 0 saturated heterocycles. The molecule has 0 aromatic heterocycles. The van der Waals surface area contributed by atoms with Crippen LogP contribution < -0.4 is 5.32 Å². The van der Waals surface area contributed by atoms with Gasteiger partial charge >= 0.3 is 0 Å². The van der Waals surface area contributed by atoms with Crippen LogP contribution in [0.3, 0.4) is 0 Å². The van der Waals surface area contributed by atoms with Crippen molar-refractivity contribution in [3.05, 3.63) is 28.8 Å². The van der Waals surface area contributed by atoms with Gasteiger partial charge in [0.1, 0.15) is 6.07 Å². The maximum atomic E-state index is 12.0. The summed E-state index contributed by atoms with van der Waals surface area (Å²) >= 11 is 5.91. The quantitative estimate of drug-likeness (QED) is 0.835. The number of anilines is 1. The third kappa shape index (κ3) is 3.94. The van der Waals surface area contributed by atoms with Crippen molar-refractivity contribution in [2.75, 3.05) is 25.0 Å². The summed E-state index contributed by atoms with van der Waals surface area (Å²) in [5.74, 6) is -0.147. The second kappa shape index (κ2) is 6.71. The van der Waals surface area contributed by atoms with Gasteiger partial charge in [-0.2, -0.15) is 5.26 Å². The number of carbonyl (C=O) groups excluding carboxylic acids is 1. The van der Waals surface area contributed by atoms with E-state index in [1.165, 1.54) is 0 Å². The molecule has 2 N–H and O–H groups in total. The Kier molecular flexibility index (Phi) is 4.96. The molecule has 1 saturated carbocycles. The highest BCUT2D eigenvalue weighted by atomic mass is 35.5. The number of nitrogens with one attached hydrogen (secondary N) is 1. The molecule has 106 valence electrons. The van der Waals surface area contributed by atoms with E-state index in [9.17, 15) is 4.79 Å². The third-order valence-corrected chi connectivity index (χ3v) is 3.48. The van der Waals surface area contributed by atoms with Crippen LogP contribution in [0.1, 0.15) is 18.4 Å². The zero-order valence-corrected chi connectivity index (χ0v) is 11.7. The molecule has 0 aliphatic heterocycles. The van der Waals surface area contributed by atoms with Gasteiger partial charge in [0.25, 0.3) is 0 Å². The van der Waals surface area contributed by atoms with Crippen LogP contribution in [0.5, 0.6) is 0 Å². The molecule has 1 aromatic carbocycles. The molecule has 1 aliphatic rings. The number of aliphatic hydroxyl groups is 1. The molecule has 6 heteroatoms. The summed E-state index contributed by atoms with van der Waals surface area (Å²) in [6.07, 6.45) is 2.16. The molecule has 5 nitrogen and oxygen atoms in total. The summed E-state index contributed by atoms with van der Waals surface area (Å²) in [4.78, 5) is 13.9. The molecule has 0 bridgehead atoms. The number of hydrogen-bond acceptors (Lipinski definition) is 4.